The number of halogens is 3. The Morgan fingerprint density at radius 3 is 2.46 bits per heavy atom. The van der Waals surface area contributed by atoms with Crippen molar-refractivity contribution in [1.29, 1.82) is 0 Å². The summed E-state index contributed by atoms with van der Waals surface area (Å²) in [5.74, 6) is 0.881. The van der Waals surface area contributed by atoms with Gasteiger partial charge in [-0.2, -0.15) is 13.2 Å². The first-order chi connectivity index (χ1) is 13.2. The lowest BCUT2D eigenvalue weighted by Crippen LogP contribution is -2.22. The molecule has 0 radical (unpaired) electrons. The smallest absolute Gasteiger partial charge is 0.418 e. The molecule has 0 aliphatic carbocycles. The molecule has 4 nitrogen and oxygen atoms in total. The van der Waals surface area contributed by atoms with E-state index in [0.29, 0.717) is 11.5 Å². The van der Waals surface area contributed by atoms with Crippen molar-refractivity contribution in [2.75, 3.05) is 20.7 Å². The van der Waals surface area contributed by atoms with Gasteiger partial charge in [0.05, 0.1) is 12.0 Å². The van der Waals surface area contributed by atoms with Crippen molar-refractivity contribution in [3.05, 3.63) is 53.1 Å². The van der Waals surface area contributed by atoms with Crippen LogP contribution in [0.2, 0.25) is 0 Å². The first kappa shape index (κ1) is 21.8. The lowest BCUT2D eigenvalue weighted by atomic mass is 10.1. The predicted octanol–water partition coefficient (Wildman–Crippen LogP) is 5.96. The van der Waals surface area contributed by atoms with Crippen LogP contribution < -0.4 is 4.74 Å². The number of methoxy groups -OCH3 is 1. The van der Waals surface area contributed by atoms with Crippen molar-refractivity contribution >= 4 is 12.0 Å². The zero-order valence-corrected chi connectivity index (χ0v) is 16.7. The summed E-state index contributed by atoms with van der Waals surface area (Å²) in [6.45, 7) is 6.66. The molecule has 152 valence electrons. The Hall–Kier alpha value is -2.54. The van der Waals surface area contributed by atoms with E-state index in [0.717, 1.165) is 30.5 Å². The molecule has 0 aromatic heterocycles. The summed E-state index contributed by atoms with van der Waals surface area (Å²) in [6, 6.07) is 9.57. The van der Waals surface area contributed by atoms with Crippen LogP contribution in [0.4, 0.5) is 18.9 Å². The molecule has 0 heterocycles. The quantitative estimate of drug-likeness (QED) is 0.429. The Morgan fingerprint density at radius 2 is 1.86 bits per heavy atom. The zero-order chi connectivity index (χ0) is 20.9. The predicted molar refractivity (Wildman–Crippen MR) is 105 cm³/mol. The molecule has 0 aliphatic heterocycles. The van der Waals surface area contributed by atoms with E-state index in [2.05, 4.69) is 9.73 Å². The topological polar surface area (TPSA) is 34.1 Å². The second-order valence-corrected chi connectivity index (χ2v) is 6.55. The van der Waals surface area contributed by atoms with E-state index >= 15 is 0 Å². The molecule has 0 amide bonds. The lowest BCUT2D eigenvalue weighted by Gasteiger charge is -2.20. The van der Waals surface area contributed by atoms with Gasteiger partial charge in [-0.05, 0) is 61.7 Å². The van der Waals surface area contributed by atoms with Gasteiger partial charge in [0.25, 0.3) is 0 Å². The van der Waals surface area contributed by atoms with E-state index in [4.69, 9.17) is 4.74 Å². The van der Waals surface area contributed by atoms with Crippen LogP contribution in [0.5, 0.6) is 11.5 Å². The number of ether oxygens (including phenoxy) is 2. The van der Waals surface area contributed by atoms with Gasteiger partial charge in [-0.3, -0.25) is 0 Å². The fourth-order valence-corrected chi connectivity index (χ4v) is 2.59. The first-order valence-electron chi connectivity index (χ1n) is 8.88. The average Bonchev–Trinajstić information content (AvgIpc) is 2.62. The summed E-state index contributed by atoms with van der Waals surface area (Å²) in [7, 11) is 2.97. The molecule has 0 N–H and O–H groups in total. The van der Waals surface area contributed by atoms with Gasteiger partial charge in [0, 0.05) is 20.7 Å². The van der Waals surface area contributed by atoms with Crippen LogP contribution in [0.3, 0.4) is 0 Å². The largest absolute Gasteiger partial charge is 0.457 e. The number of rotatable bonds is 7. The van der Waals surface area contributed by atoms with Crippen molar-refractivity contribution in [1.82, 2.24) is 4.90 Å². The van der Waals surface area contributed by atoms with Gasteiger partial charge in [0.1, 0.15) is 11.5 Å². The minimum Gasteiger partial charge on any atom is -0.457 e. The van der Waals surface area contributed by atoms with Gasteiger partial charge in [0.2, 0.25) is 0 Å². The van der Waals surface area contributed by atoms with Gasteiger partial charge < -0.3 is 14.4 Å². The number of aryl methyl sites for hydroxylation is 2. The van der Waals surface area contributed by atoms with Crippen molar-refractivity contribution in [2.45, 2.75) is 33.1 Å². The van der Waals surface area contributed by atoms with Crippen molar-refractivity contribution in [3.8, 4) is 11.5 Å². The molecule has 0 spiro atoms. The maximum absolute atomic E-state index is 13.1. The third-order valence-electron chi connectivity index (χ3n) is 4.31. The number of nitrogens with zero attached hydrogens (tertiary/aromatic N) is 2. The van der Waals surface area contributed by atoms with E-state index in [-0.39, 0.29) is 5.56 Å². The highest BCUT2D eigenvalue weighted by molar-refractivity contribution is 5.64. The molecule has 7 heteroatoms. The van der Waals surface area contributed by atoms with Crippen LogP contribution in [0.15, 0.2) is 41.4 Å². The molecule has 0 bridgehead atoms. The Bertz CT molecular complexity index is 835. The van der Waals surface area contributed by atoms with Crippen LogP contribution in [-0.4, -0.2) is 38.1 Å². The van der Waals surface area contributed by atoms with Gasteiger partial charge in [-0.1, -0.05) is 12.1 Å². The molecule has 1 unspecified atom stereocenters. The number of hydrogen-bond acceptors (Lipinski definition) is 3. The maximum atomic E-state index is 13.1. The summed E-state index contributed by atoms with van der Waals surface area (Å²) in [4.78, 5) is 6.42. The minimum absolute atomic E-state index is 0.00861. The van der Waals surface area contributed by atoms with Crippen LogP contribution in [0, 0.1) is 13.8 Å². The minimum atomic E-state index is -4.49. The SMILES string of the molecule is CCN(C)C=Nc1cc(C)c(Oc2cccc(C(OC)C(F)(F)F)c2)cc1C. The molecule has 2 rings (SSSR count). The Morgan fingerprint density at radius 1 is 1.14 bits per heavy atom. The van der Waals surface area contributed by atoms with E-state index in [1.165, 1.54) is 18.2 Å². The summed E-state index contributed by atoms with van der Waals surface area (Å²) < 4.78 is 49.8. The molecule has 2 aromatic carbocycles. The number of hydrogen-bond donors (Lipinski definition) is 0. The summed E-state index contributed by atoms with van der Waals surface area (Å²) in [5, 5.41) is 0. The highest BCUT2D eigenvalue weighted by atomic mass is 19.4. The summed E-state index contributed by atoms with van der Waals surface area (Å²) in [5.41, 5.74) is 2.55. The Kier molecular flexibility index (Phi) is 7.07. The van der Waals surface area contributed by atoms with E-state index in [1.54, 1.807) is 12.4 Å². The monoisotopic (exact) mass is 394 g/mol. The lowest BCUT2D eigenvalue weighted by molar-refractivity contribution is -0.215. The molecule has 28 heavy (non-hydrogen) atoms. The molecular formula is C21H25F3N2O2. The summed E-state index contributed by atoms with van der Waals surface area (Å²) in [6.07, 6.45) is -4.73. The van der Waals surface area contributed by atoms with Crippen LogP contribution in [0.25, 0.3) is 0 Å². The fraction of sp³-hybridized carbons (Fsp3) is 0.381. The normalized spacial score (nSPS) is 13.0. The van der Waals surface area contributed by atoms with E-state index in [1.807, 2.05) is 44.9 Å². The highest BCUT2D eigenvalue weighted by Crippen LogP contribution is 2.37. The van der Waals surface area contributed by atoms with E-state index in [9.17, 15) is 13.2 Å². The molecule has 1 atom stereocenters. The Labute approximate surface area is 163 Å². The maximum Gasteiger partial charge on any atom is 0.418 e. The number of aliphatic imine (C=N–C) groups is 1. The van der Waals surface area contributed by atoms with Crippen molar-refractivity contribution < 1.29 is 22.6 Å². The van der Waals surface area contributed by atoms with Gasteiger partial charge in [-0.15, -0.1) is 0 Å². The highest BCUT2D eigenvalue weighted by Gasteiger charge is 2.41. The zero-order valence-electron chi connectivity index (χ0n) is 16.7. The van der Waals surface area contributed by atoms with Crippen LogP contribution in [0.1, 0.15) is 29.7 Å². The third kappa shape index (κ3) is 5.48. The van der Waals surface area contributed by atoms with Crippen LogP contribution in [-0.2, 0) is 4.74 Å². The molecular weight excluding hydrogens is 369 g/mol. The fourth-order valence-electron chi connectivity index (χ4n) is 2.59. The van der Waals surface area contributed by atoms with Gasteiger partial charge in [0.15, 0.2) is 6.10 Å². The standard InChI is InChI=1S/C21H25F3N2O2/c1-6-26(4)13-25-18-10-15(3)19(11-14(18)2)28-17-9-7-8-16(12-17)20(27-5)21(22,23)24/h7-13,20H,6H2,1-5H3. The second kappa shape index (κ2) is 9.10. The molecule has 0 saturated carbocycles. The Balaban J connectivity index is 2.28. The molecule has 0 saturated heterocycles. The van der Waals surface area contributed by atoms with Gasteiger partial charge >= 0.3 is 6.18 Å². The van der Waals surface area contributed by atoms with Gasteiger partial charge in [-0.25, -0.2) is 4.99 Å². The number of alkyl halides is 3. The third-order valence-corrected chi connectivity index (χ3v) is 4.31. The number of benzene rings is 2. The molecule has 0 fully saturated rings. The average molecular weight is 394 g/mol. The van der Waals surface area contributed by atoms with Crippen molar-refractivity contribution in [2.24, 2.45) is 4.99 Å². The summed E-state index contributed by atoms with van der Waals surface area (Å²) >= 11 is 0. The van der Waals surface area contributed by atoms with Crippen molar-refractivity contribution in [3.63, 3.8) is 0 Å². The first-order valence-corrected chi connectivity index (χ1v) is 8.88. The molecule has 0 aliphatic rings. The second-order valence-electron chi connectivity index (χ2n) is 6.55. The van der Waals surface area contributed by atoms with Crippen LogP contribution >= 0.6 is 0 Å². The molecule has 2 aromatic rings. The van der Waals surface area contributed by atoms with E-state index < -0.39 is 12.3 Å².